The number of amides is 1. The van der Waals surface area contributed by atoms with E-state index in [1.807, 2.05) is 42.0 Å². The zero-order valence-corrected chi connectivity index (χ0v) is 19.2. The monoisotopic (exact) mass is 446 g/mol. The summed E-state index contributed by atoms with van der Waals surface area (Å²) in [7, 11) is -0.520. The normalized spacial score (nSPS) is 11.9. The van der Waals surface area contributed by atoms with Crippen molar-refractivity contribution in [2.75, 3.05) is 25.7 Å². The van der Waals surface area contributed by atoms with Gasteiger partial charge < -0.3 is 9.88 Å². The van der Waals surface area contributed by atoms with Gasteiger partial charge in [-0.05, 0) is 55.6 Å². The van der Waals surface area contributed by atoms with Crippen molar-refractivity contribution in [1.82, 2.24) is 13.9 Å². The SMILES string of the molecule is CCn1c(CCC(=O)Nc2ccc(SC)cc2)nc2cc(S(=O)(=O)N(C)C)ccc21. The highest BCUT2D eigenvalue weighted by molar-refractivity contribution is 7.98. The van der Waals surface area contributed by atoms with Crippen LogP contribution in [-0.4, -0.2) is 48.5 Å². The number of carbonyl (C=O) groups excluding carboxylic acids is 1. The highest BCUT2D eigenvalue weighted by Gasteiger charge is 2.19. The Balaban J connectivity index is 1.77. The van der Waals surface area contributed by atoms with E-state index >= 15 is 0 Å². The second-order valence-corrected chi connectivity index (χ2v) is 10.0. The average molecular weight is 447 g/mol. The van der Waals surface area contributed by atoms with Crippen LogP contribution in [0.1, 0.15) is 19.2 Å². The maximum Gasteiger partial charge on any atom is 0.242 e. The zero-order valence-electron chi connectivity index (χ0n) is 17.5. The number of benzene rings is 2. The lowest BCUT2D eigenvalue weighted by atomic mass is 10.2. The number of thioether (sulfide) groups is 1. The van der Waals surface area contributed by atoms with Gasteiger partial charge in [0.1, 0.15) is 5.82 Å². The van der Waals surface area contributed by atoms with E-state index < -0.39 is 10.0 Å². The van der Waals surface area contributed by atoms with Gasteiger partial charge >= 0.3 is 0 Å². The summed E-state index contributed by atoms with van der Waals surface area (Å²) >= 11 is 1.65. The molecule has 0 radical (unpaired) electrons. The van der Waals surface area contributed by atoms with Crippen LogP contribution in [0.15, 0.2) is 52.3 Å². The molecule has 0 spiro atoms. The molecule has 30 heavy (non-hydrogen) atoms. The molecule has 9 heteroatoms. The standard InChI is InChI=1S/C21H26N4O3S2/c1-5-25-19-11-10-17(30(27,28)24(2)3)14-18(19)23-20(25)12-13-21(26)22-15-6-8-16(29-4)9-7-15/h6-11,14H,5,12-13H2,1-4H3,(H,22,26). The van der Waals surface area contributed by atoms with E-state index in [0.717, 1.165) is 21.9 Å². The molecule has 0 aliphatic heterocycles. The Hall–Kier alpha value is -2.36. The van der Waals surface area contributed by atoms with E-state index in [-0.39, 0.29) is 17.2 Å². The molecule has 0 saturated heterocycles. The number of rotatable bonds is 8. The largest absolute Gasteiger partial charge is 0.328 e. The fraction of sp³-hybridized carbons (Fsp3) is 0.333. The summed E-state index contributed by atoms with van der Waals surface area (Å²) in [5, 5.41) is 2.91. The summed E-state index contributed by atoms with van der Waals surface area (Å²) in [6.07, 6.45) is 2.76. The van der Waals surface area contributed by atoms with Crippen LogP contribution in [0.2, 0.25) is 0 Å². The molecule has 3 rings (SSSR count). The molecule has 1 N–H and O–H groups in total. The van der Waals surface area contributed by atoms with Gasteiger partial charge in [-0.15, -0.1) is 11.8 Å². The Morgan fingerprint density at radius 3 is 2.47 bits per heavy atom. The predicted octanol–water partition coefficient (Wildman–Crippen LogP) is 3.60. The molecule has 0 fully saturated rings. The molecular formula is C21H26N4O3S2. The van der Waals surface area contributed by atoms with Crippen LogP contribution >= 0.6 is 11.8 Å². The quantitative estimate of drug-likeness (QED) is 0.535. The van der Waals surface area contributed by atoms with Gasteiger partial charge in [0.2, 0.25) is 15.9 Å². The Labute approximate surface area is 181 Å². The van der Waals surface area contributed by atoms with E-state index in [0.29, 0.717) is 18.5 Å². The highest BCUT2D eigenvalue weighted by atomic mass is 32.2. The van der Waals surface area contributed by atoms with Gasteiger partial charge in [-0.25, -0.2) is 17.7 Å². The van der Waals surface area contributed by atoms with E-state index in [4.69, 9.17) is 0 Å². The van der Waals surface area contributed by atoms with Crippen LogP contribution in [0.3, 0.4) is 0 Å². The van der Waals surface area contributed by atoms with Crippen molar-refractivity contribution < 1.29 is 13.2 Å². The molecular weight excluding hydrogens is 420 g/mol. The van der Waals surface area contributed by atoms with Crippen LogP contribution in [0.4, 0.5) is 5.69 Å². The lowest BCUT2D eigenvalue weighted by Crippen LogP contribution is -2.22. The van der Waals surface area contributed by atoms with Crippen molar-refractivity contribution in [1.29, 1.82) is 0 Å². The van der Waals surface area contributed by atoms with Crippen molar-refractivity contribution in [3.8, 4) is 0 Å². The van der Waals surface area contributed by atoms with Gasteiger partial charge in [0.25, 0.3) is 0 Å². The van der Waals surface area contributed by atoms with Crippen molar-refractivity contribution in [2.45, 2.75) is 36.1 Å². The molecule has 0 bridgehead atoms. The minimum atomic E-state index is -3.53. The third-order valence-corrected chi connectivity index (χ3v) is 7.40. The number of nitrogens with one attached hydrogen (secondary N) is 1. The van der Waals surface area contributed by atoms with Gasteiger partial charge in [0.15, 0.2) is 0 Å². The van der Waals surface area contributed by atoms with E-state index in [1.54, 1.807) is 30.0 Å². The van der Waals surface area contributed by atoms with Crippen LogP contribution < -0.4 is 5.32 Å². The Morgan fingerprint density at radius 1 is 1.17 bits per heavy atom. The van der Waals surface area contributed by atoms with E-state index in [1.165, 1.54) is 18.4 Å². The summed E-state index contributed by atoms with van der Waals surface area (Å²) in [5.74, 6) is 0.678. The first-order chi connectivity index (χ1) is 14.3. The Bertz CT molecular complexity index is 1150. The molecule has 2 aromatic carbocycles. The third-order valence-electron chi connectivity index (χ3n) is 4.84. The second-order valence-electron chi connectivity index (χ2n) is 6.99. The third kappa shape index (κ3) is 4.69. The molecule has 1 aromatic heterocycles. The summed E-state index contributed by atoms with van der Waals surface area (Å²) < 4.78 is 28.0. The molecule has 0 aliphatic rings. The number of carbonyl (C=O) groups is 1. The maximum absolute atomic E-state index is 12.4. The van der Waals surface area contributed by atoms with E-state index in [2.05, 4.69) is 10.3 Å². The molecule has 0 aliphatic carbocycles. The molecule has 3 aromatic rings. The first-order valence-corrected chi connectivity index (χ1v) is 12.3. The Morgan fingerprint density at radius 2 is 1.87 bits per heavy atom. The topological polar surface area (TPSA) is 84.3 Å². The van der Waals surface area contributed by atoms with Crippen LogP contribution in [0.25, 0.3) is 11.0 Å². The predicted molar refractivity (Wildman–Crippen MR) is 121 cm³/mol. The van der Waals surface area contributed by atoms with Crippen LogP contribution in [0.5, 0.6) is 0 Å². The maximum atomic E-state index is 12.4. The molecule has 1 heterocycles. The van der Waals surface area contributed by atoms with Gasteiger partial charge in [-0.1, -0.05) is 0 Å². The molecule has 7 nitrogen and oxygen atoms in total. The number of aryl methyl sites for hydroxylation is 2. The summed E-state index contributed by atoms with van der Waals surface area (Å²) in [6.45, 7) is 2.69. The van der Waals surface area contributed by atoms with Crippen LogP contribution in [0, 0.1) is 0 Å². The van der Waals surface area contributed by atoms with Gasteiger partial charge in [0, 0.05) is 44.1 Å². The number of anilines is 1. The lowest BCUT2D eigenvalue weighted by Gasteiger charge is -2.11. The summed E-state index contributed by atoms with van der Waals surface area (Å²) in [5.41, 5.74) is 2.24. The van der Waals surface area contributed by atoms with Gasteiger partial charge in [-0.3, -0.25) is 4.79 Å². The number of nitrogens with zero attached hydrogens (tertiary/aromatic N) is 3. The smallest absolute Gasteiger partial charge is 0.242 e. The number of hydrogen-bond donors (Lipinski definition) is 1. The number of fused-ring (bicyclic) bond motifs is 1. The van der Waals surface area contributed by atoms with Crippen LogP contribution in [-0.2, 0) is 27.8 Å². The van der Waals surface area contributed by atoms with Crippen molar-refractivity contribution >= 4 is 44.4 Å². The zero-order chi connectivity index (χ0) is 21.9. The first kappa shape index (κ1) is 22.3. The minimum absolute atomic E-state index is 0.0857. The average Bonchev–Trinajstić information content (AvgIpc) is 3.09. The number of aromatic nitrogens is 2. The molecule has 0 saturated carbocycles. The highest BCUT2D eigenvalue weighted by Crippen LogP contribution is 2.23. The van der Waals surface area contributed by atoms with Crippen molar-refractivity contribution in [3.63, 3.8) is 0 Å². The minimum Gasteiger partial charge on any atom is -0.328 e. The summed E-state index contributed by atoms with van der Waals surface area (Å²) in [6, 6.07) is 12.7. The number of imidazole rings is 1. The second kappa shape index (κ2) is 9.20. The van der Waals surface area contributed by atoms with Gasteiger partial charge in [0.05, 0.1) is 15.9 Å². The van der Waals surface area contributed by atoms with E-state index in [9.17, 15) is 13.2 Å². The summed E-state index contributed by atoms with van der Waals surface area (Å²) in [4.78, 5) is 18.3. The molecule has 0 unspecified atom stereocenters. The molecule has 160 valence electrons. The number of hydrogen-bond acceptors (Lipinski definition) is 5. The lowest BCUT2D eigenvalue weighted by molar-refractivity contribution is -0.116. The molecule has 1 amide bonds. The number of sulfonamides is 1. The van der Waals surface area contributed by atoms with Crippen molar-refractivity contribution in [3.05, 3.63) is 48.3 Å². The van der Waals surface area contributed by atoms with Crippen molar-refractivity contribution in [2.24, 2.45) is 0 Å². The fourth-order valence-electron chi connectivity index (χ4n) is 3.20. The van der Waals surface area contributed by atoms with Gasteiger partial charge in [-0.2, -0.15) is 0 Å². The Kier molecular flexibility index (Phi) is 6.84. The fourth-order valence-corrected chi connectivity index (χ4v) is 4.53. The molecule has 0 atom stereocenters. The first-order valence-electron chi connectivity index (χ1n) is 9.62.